The number of carbonyl (C=O) groups is 1. The van der Waals surface area contributed by atoms with Gasteiger partial charge in [-0.3, -0.25) is 5.43 Å². The average Bonchev–Trinajstić information content (AvgIpc) is 2.71. The van der Waals surface area contributed by atoms with E-state index in [4.69, 9.17) is 21.4 Å². The summed E-state index contributed by atoms with van der Waals surface area (Å²) in [5, 5.41) is 13.6. The van der Waals surface area contributed by atoms with Crippen molar-refractivity contribution in [2.45, 2.75) is 51.9 Å². The standard InChI is InChI=1S/C23H29ClN2O3/c1-2-3-4-5-6-7-8-15-29-22-14-9-18(16-21(22)24)17-25-26-20-12-10-19(11-13-20)23(27)28/h9-14,16-17,26H,2-8,15H2,1H3,(H,27,28). The van der Waals surface area contributed by atoms with Crippen LogP contribution in [0.3, 0.4) is 0 Å². The van der Waals surface area contributed by atoms with E-state index in [0.717, 1.165) is 12.0 Å². The lowest BCUT2D eigenvalue weighted by molar-refractivity contribution is 0.0697. The van der Waals surface area contributed by atoms with Crippen LogP contribution in [0.1, 0.15) is 67.8 Å². The van der Waals surface area contributed by atoms with Gasteiger partial charge in [0.05, 0.1) is 29.1 Å². The van der Waals surface area contributed by atoms with Crippen molar-refractivity contribution in [1.29, 1.82) is 0 Å². The summed E-state index contributed by atoms with van der Waals surface area (Å²) in [6, 6.07) is 11.9. The highest BCUT2D eigenvalue weighted by Gasteiger charge is 2.03. The van der Waals surface area contributed by atoms with Gasteiger partial charge in [0.2, 0.25) is 0 Å². The Morgan fingerprint density at radius 3 is 2.41 bits per heavy atom. The van der Waals surface area contributed by atoms with Crippen molar-refractivity contribution in [3.05, 3.63) is 58.6 Å². The van der Waals surface area contributed by atoms with Gasteiger partial charge in [-0.1, -0.05) is 57.0 Å². The normalized spacial score (nSPS) is 11.0. The number of halogens is 1. The molecule has 29 heavy (non-hydrogen) atoms. The number of hydrogen-bond acceptors (Lipinski definition) is 4. The van der Waals surface area contributed by atoms with Crippen LogP contribution in [0, 0.1) is 0 Å². The number of ether oxygens (including phenoxy) is 1. The van der Waals surface area contributed by atoms with Crippen LogP contribution >= 0.6 is 11.6 Å². The third kappa shape index (κ3) is 8.57. The summed E-state index contributed by atoms with van der Waals surface area (Å²) in [4.78, 5) is 10.8. The molecular formula is C23H29ClN2O3. The van der Waals surface area contributed by atoms with E-state index >= 15 is 0 Å². The van der Waals surface area contributed by atoms with E-state index in [2.05, 4.69) is 17.5 Å². The predicted molar refractivity (Wildman–Crippen MR) is 120 cm³/mol. The molecule has 0 aromatic heterocycles. The van der Waals surface area contributed by atoms with Crippen molar-refractivity contribution < 1.29 is 14.6 Å². The molecule has 0 amide bonds. The third-order valence-corrected chi connectivity index (χ3v) is 4.80. The fourth-order valence-corrected chi connectivity index (χ4v) is 3.07. The summed E-state index contributed by atoms with van der Waals surface area (Å²) in [5.74, 6) is -0.268. The van der Waals surface area contributed by atoms with Crippen LogP contribution in [0.25, 0.3) is 0 Å². The monoisotopic (exact) mass is 416 g/mol. The van der Waals surface area contributed by atoms with Crippen LogP contribution in [0.15, 0.2) is 47.6 Å². The molecule has 0 saturated heterocycles. The molecule has 156 valence electrons. The Labute approximate surface area is 177 Å². The number of carboxylic acids is 1. The van der Waals surface area contributed by atoms with Gasteiger partial charge in [0.1, 0.15) is 5.75 Å². The average molecular weight is 417 g/mol. The molecule has 2 rings (SSSR count). The van der Waals surface area contributed by atoms with Crippen molar-refractivity contribution >= 4 is 29.5 Å². The van der Waals surface area contributed by atoms with E-state index in [-0.39, 0.29) is 5.56 Å². The van der Waals surface area contributed by atoms with E-state index in [0.29, 0.717) is 23.1 Å². The topological polar surface area (TPSA) is 70.9 Å². The first-order valence-electron chi connectivity index (χ1n) is 10.1. The smallest absolute Gasteiger partial charge is 0.335 e. The second-order valence-corrected chi connectivity index (χ2v) is 7.32. The third-order valence-electron chi connectivity index (χ3n) is 4.50. The van der Waals surface area contributed by atoms with Crippen LogP contribution in [0.5, 0.6) is 5.75 Å². The van der Waals surface area contributed by atoms with Crippen molar-refractivity contribution in [1.82, 2.24) is 0 Å². The Morgan fingerprint density at radius 2 is 1.76 bits per heavy atom. The first-order chi connectivity index (χ1) is 14.1. The Hall–Kier alpha value is -2.53. The van der Waals surface area contributed by atoms with Crippen LogP contribution in [0.4, 0.5) is 5.69 Å². The number of carboxylic acid groups (broad SMARTS) is 1. The Kier molecular flexibility index (Phi) is 10.1. The molecule has 0 saturated carbocycles. The van der Waals surface area contributed by atoms with Gasteiger partial charge in [0, 0.05) is 0 Å². The minimum absolute atomic E-state index is 0.235. The fraction of sp³-hybridized carbons (Fsp3) is 0.391. The lowest BCUT2D eigenvalue weighted by Crippen LogP contribution is -1.98. The highest BCUT2D eigenvalue weighted by molar-refractivity contribution is 6.32. The first kappa shape index (κ1) is 22.8. The molecule has 0 unspecified atom stereocenters. The summed E-state index contributed by atoms with van der Waals surface area (Å²) in [6.45, 7) is 2.90. The molecule has 6 heteroatoms. The molecule has 0 aliphatic rings. The second-order valence-electron chi connectivity index (χ2n) is 6.91. The van der Waals surface area contributed by atoms with Gasteiger partial charge in [-0.15, -0.1) is 0 Å². The molecular weight excluding hydrogens is 388 g/mol. The van der Waals surface area contributed by atoms with Crippen molar-refractivity contribution in [2.24, 2.45) is 5.10 Å². The molecule has 0 fully saturated rings. The van der Waals surface area contributed by atoms with Crippen LogP contribution in [-0.2, 0) is 0 Å². The molecule has 2 aromatic rings. The number of hydrazone groups is 1. The zero-order valence-electron chi connectivity index (χ0n) is 16.9. The number of unbranched alkanes of at least 4 members (excludes halogenated alkanes) is 6. The van der Waals surface area contributed by atoms with E-state index in [9.17, 15) is 4.79 Å². The van der Waals surface area contributed by atoms with E-state index in [1.807, 2.05) is 12.1 Å². The number of aromatic carboxylic acids is 1. The van der Waals surface area contributed by atoms with Crippen molar-refractivity contribution in [2.75, 3.05) is 12.0 Å². The van der Waals surface area contributed by atoms with Gasteiger partial charge in [-0.25, -0.2) is 4.79 Å². The van der Waals surface area contributed by atoms with Crippen LogP contribution < -0.4 is 10.2 Å². The molecule has 2 N–H and O–H groups in total. The highest BCUT2D eigenvalue weighted by atomic mass is 35.5. The maximum Gasteiger partial charge on any atom is 0.335 e. The number of hydrogen-bond donors (Lipinski definition) is 2. The maximum absolute atomic E-state index is 10.8. The van der Waals surface area contributed by atoms with Gasteiger partial charge in [-0.2, -0.15) is 5.10 Å². The summed E-state index contributed by atoms with van der Waals surface area (Å²) in [5.41, 5.74) is 4.64. The number of nitrogens with zero attached hydrogens (tertiary/aromatic N) is 1. The van der Waals surface area contributed by atoms with Crippen LogP contribution in [-0.4, -0.2) is 23.9 Å². The second kappa shape index (κ2) is 12.8. The highest BCUT2D eigenvalue weighted by Crippen LogP contribution is 2.25. The van der Waals surface area contributed by atoms with Gasteiger partial charge in [0.15, 0.2) is 0 Å². The molecule has 0 aliphatic heterocycles. The molecule has 5 nitrogen and oxygen atoms in total. The molecule has 0 bridgehead atoms. The number of anilines is 1. The van der Waals surface area contributed by atoms with E-state index in [1.165, 1.54) is 50.7 Å². The van der Waals surface area contributed by atoms with Crippen LogP contribution in [0.2, 0.25) is 5.02 Å². The van der Waals surface area contributed by atoms with Gasteiger partial charge >= 0.3 is 5.97 Å². The molecule has 2 aromatic carbocycles. The number of benzene rings is 2. The van der Waals surface area contributed by atoms with E-state index < -0.39 is 5.97 Å². The zero-order chi connectivity index (χ0) is 20.9. The summed E-state index contributed by atoms with van der Waals surface area (Å²) in [7, 11) is 0. The molecule has 0 radical (unpaired) electrons. The Morgan fingerprint density at radius 1 is 1.07 bits per heavy atom. The molecule has 0 aliphatic carbocycles. The van der Waals surface area contributed by atoms with Crippen molar-refractivity contribution in [3.63, 3.8) is 0 Å². The molecule has 0 atom stereocenters. The number of rotatable bonds is 13. The minimum atomic E-state index is -0.955. The SMILES string of the molecule is CCCCCCCCCOc1ccc(C=NNc2ccc(C(=O)O)cc2)cc1Cl. The van der Waals surface area contributed by atoms with Gasteiger partial charge < -0.3 is 9.84 Å². The first-order valence-corrected chi connectivity index (χ1v) is 10.5. The quantitative estimate of drug-likeness (QED) is 0.219. The Bertz CT molecular complexity index is 791. The van der Waals surface area contributed by atoms with E-state index in [1.54, 1.807) is 24.4 Å². The zero-order valence-corrected chi connectivity index (χ0v) is 17.6. The van der Waals surface area contributed by atoms with Gasteiger partial charge in [-0.05, 0) is 54.4 Å². The Balaban J connectivity index is 1.74. The van der Waals surface area contributed by atoms with Gasteiger partial charge in [0.25, 0.3) is 0 Å². The number of nitrogens with one attached hydrogen (secondary N) is 1. The predicted octanol–water partition coefficient (Wildman–Crippen LogP) is 6.61. The summed E-state index contributed by atoms with van der Waals surface area (Å²) >= 11 is 6.31. The fourth-order valence-electron chi connectivity index (χ4n) is 2.82. The lowest BCUT2D eigenvalue weighted by Gasteiger charge is -2.08. The minimum Gasteiger partial charge on any atom is -0.492 e. The molecule has 0 heterocycles. The molecule has 0 spiro atoms. The summed E-state index contributed by atoms with van der Waals surface area (Å²) in [6.07, 6.45) is 10.4. The van der Waals surface area contributed by atoms with Crippen molar-refractivity contribution in [3.8, 4) is 5.75 Å². The lowest BCUT2D eigenvalue weighted by atomic mass is 10.1. The largest absolute Gasteiger partial charge is 0.492 e. The summed E-state index contributed by atoms with van der Waals surface area (Å²) < 4.78 is 5.78. The maximum atomic E-state index is 10.8.